The van der Waals surface area contributed by atoms with E-state index in [1.807, 2.05) is 56.3 Å². The molecule has 0 radical (unpaired) electrons. The Morgan fingerprint density at radius 2 is 1.45 bits per heavy atom. The summed E-state index contributed by atoms with van der Waals surface area (Å²) in [6.45, 7) is 5.91. The van der Waals surface area contributed by atoms with E-state index in [9.17, 15) is 14.0 Å². The van der Waals surface area contributed by atoms with Crippen LogP contribution in [0.25, 0.3) is 5.57 Å². The van der Waals surface area contributed by atoms with Crippen molar-refractivity contribution in [2.75, 3.05) is 10.2 Å². The fourth-order valence-electron chi connectivity index (χ4n) is 3.81. The molecule has 4 nitrogen and oxygen atoms in total. The molecule has 0 saturated carbocycles. The molecule has 3 aromatic rings. The van der Waals surface area contributed by atoms with Gasteiger partial charge in [-0.2, -0.15) is 0 Å². The van der Waals surface area contributed by atoms with Gasteiger partial charge in [0.25, 0.3) is 11.8 Å². The molecule has 4 rings (SSSR count). The van der Waals surface area contributed by atoms with E-state index in [0.29, 0.717) is 16.9 Å². The number of nitrogens with one attached hydrogen (secondary N) is 1. The van der Waals surface area contributed by atoms with Gasteiger partial charge in [0.2, 0.25) is 0 Å². The van der Waals surface area contributed by atoms with Crippen LogP contribution in [0.1, 0.15) is 29.2 Å². The first-order valence-electron chi connectivity index (χ1n) is 10.2. The second kappa shape index (κ2) is 8.19. The third-order valence-electron chi connectivity index (χ3n) is 5.31. The summed E-state index contributed by atoms with van der Waals surface area (Å²) in [6, 6.07) is 18.9. The van der Waals surface area contributed by atoms with E-state index in [2.05, 4.69) is 12.2 Å². The maximum atomic E-state index is 13.5. The maximum absolute atomic E-state index is 13.5. The van der Waals surface area contributed by atoms with Gasteiger partial charge < -0.3 is 5.32 Å². The van der Waals surface area contributed by atoms with Gasteiger partial charge >= 0.3 is 0 Å². The lowest BCUT2D eigenvalue weighted by molar-refractivity contribution is -0.120. The summed E-state index contributed by atoms with van der Waals surface area (Å²) in [6.07, 6.45) is 0.904. The van der Waals surface area contributed by atoms with Gasteiger partial charge in [-0.3, -0.25) is 9.59 Å². The lowest BCUT2D eigenvalue weighted by Gasteiger charge is -2.17. The molecule has 31 heavy (non-hydrogen) atoms. The monoisotopic (exact) mass is 414 g/mol. The van der Waals surface area contributed by atoms with Gasteiger partial charge in [0, 0.05) is 5.69 Å². The minimum Gasteiger partial charge on any atom is -0.350 e. The molecule has 0 saturated heterocycles. The normalized spacial score (nSPS) is 13.9. The van der Waals surface area contributed by atoms with Crippen molar-refractivity contribution in [2.24, 2.45) is 0 Å². The molecule has 1 heterocycles. The van der Waals surface area contributed by atoms with Crippen LogP contribution in [0.5, 0.6) is 0 Å². The van der Waals surface area contributed by atoms with Gasteiger partial charge in [-0.25, -0.2) is 9.29 Å². The van der Waals surface area contributed by atoms with E-state index in [-0.39, 0.29) is 11.3 Å². The van der Waals surface area contributed by atoms with Gasteiger partial charge in [0.15, 0.2) is 0 Å². The summed E-state index contributed by atoms with van der Waals surface area (Å²) in [5.74, 6) is -1.28. The third kappa shape index (κ3) is 3.99. The largest absolute Gasteiger partial charge is 0.350 e. The Hall–Kier alpha value is -3.73. The molecule has 0 aromatic heterocycles. The number of carbonyl (C=O) groups is 2. The highest BCUT2D eigenvalue weighted by Crippen LogP contribution is 2.34. The number of anilines is 2. The number of nitrogens with zero attached hydrogens (tertiary/aromatic N) is 1. The van der Waals surface area contributed by atoms with Crippen molar-refractivity contribution in [1.29, 1.82) is 0 Å². The second-order valence-electron chi connectivity index (χ2n) is 7.72. The first-order valence-corrected chi connectivity index (χ1v) is 10.2. The summed E-state index contributed by atoms with van der Waals surface area (Å²) in [4.78, 5) is 28.0. The number of hydrogen-bond donors (Lipinski definition) is 1. The van der Waals surface area contributed by atoms with Crippen LogP contribution in [-0.2, 0) is 16.0 Å². The van der Waals surface area contributed by atoms with Crippen molar-refractivity contribution in [3.8, 4) is 0 Å². The predicted molar refractivity (Wildman–Crippen MR) is 121 cm³/mol. The molecule has 0 bridgehead atoms. The van der Waals surface area contributed by atoms with Crippen LogP contribution in [-0.4, -0.2) is 11.8 Å². The molecule has 0 aliphatic carbocycles. The zero-order chi connectivity index (χ0) is 22.1. The van der Waals surface area contributed by atoms with E-state index in [1.165, 1.54) is 34.7 Å². The Morgan fingerprint density at radius 3 is 2.03 bits per heavy atom. The Kier molecular flexibility index (Phi) is 5.42. The highest BCUT2D eigenvalue weighted by molar-refractivity contribution is 6.46. The van der Waals surface area contributed by atoms with Crippen molar-refractivity contribution in [3.63, 3.8) is 0 Å². The third-order valence-corrected chi connectivity index (χ3v) is 5.31. The van der Waals surface area contributed by atoms with Crippen molar-refractivity contribution >= 4 is 28.8 Å². The molecule has 0 fully saturated rings. The fraction of sp³-hybridized carbons (Fsp3) is 0.154. The maximum Gasteiger partial charge on any atom is 0.282 e. The number of amides is 2. The number of imide groups is 1. The molecule has 1 aliphatic rings. The van der Waals surface area contributed by atoms with Crippen molar-refractivity contribution in [2.45, 2.75) is 27.2 Å². The summed E-state index contributed by atoms with van der Waals surface area (Å²) in [7, 11) is 0. The molecular formula is C26H23FN2O2. The van der Waals surface area contributed by atoms with Crippen LogP contribution in [0.2, 0.25) is 0 Å². The number of carbonyl (C=O) groups excluding carboxylic acids is 2. The van der Waals surface area contributed by atoms with Gasteiger partial charge in [-0.1, -0.05) is 37.3 Å². The summed E-state index contributed by atoms with van der Waals surface area (Å²) in [5.41, 5.74) is 5.19. The Morgan fingerprint density at radius 1 is 0.839 bits per heavy atom. The van der Waals surface area contributed by atoms with E-state index < -0.39 is 17.6 Å². The van der Waals surface area contributed by atoms with E-state index >= 15 is 0 Å². The first-order chi connectivity index (χ1) is 14.9. The molecule has 5 heteroatoms. The molecule has 3 aromatic carbocycles. The molecule has 156 valence electrons. The smallest absolute Gasteiger partial charge is 0.282 e. The minimum absolute atomic E-state index is 0.181. The topological polar surface area (TPSA) is 49.4 Å². The van der Waals surface area contributed by atoms with Crippen LogP contribution >= 0.6 is 0 Å². The molecule has 0 spiro atoms. The number of rotatable bonds is 5. The van der Waals surface area contributed by atoms with E-state index in [1.54, 1.807) is 0 Å². The Labute approximate surface area is 181 Å². The van der Waals surface area contributed by atoms with Gasteiger partial charge in [0.05, 0.1) is 11.3 Å². The number of halogens is 1. The van der Waals surface area contributed by atoms with Crippen LogP contribution in [0, 0.1) is 19.7 Å². The highest BCUT2D eigenvalue weighted by atomic mass is 19.1. The Bertz CT molecular complexity index is 1170. The Balaban J connectivity index is 1.81. The van der Waals surface area contributed by atoms with Gasteiger partial charge in [-0.15, -0.1) is 0 Å². The van der Waals surface area contributed by atoms with Crippen molar-refractivity contribution < 1.29 is 14.0 Å². The molecule has 1 aliphatic heterocycles. The second-order valence-corrected chi connectivity index (χ2v) is 7.72. The van der Waals surface area contributed by atoms with Crippen LogP contribution in [0.3, 0.4) is 0 Å². The fourth-order valence-corrected chi connectivity index (χ4v) is 3.81. The lowest BCUT2D eigenvalue weighted by atomic mass is 10.0. The molecule has 2 amide bonds. The standard InChI is InChI=1S/C26H23FN2O2/c1-4-18-5-11-21(12-6-18)28-24-23(19-7-9-20(27)10-8-19)25(30)29(26(24)31)22-14-16(2)13-17(3)15-22/h5-15,28H,4H2,1-3H3. The van der Waals surface area contributed by atoms with Crippen LogP contribution in [0.4, 0.5) is 15.8 Å². The summed E-state index contributed by atoms with van der Waals surface area (Å²) >= 11 is 0. The number of aryl methyl sites for hydroxylation is 3. The molecule has 1 N–H and O–H groups in total. The quantitative estimate of drug-likeness (QED) is 0.569. The van der Waals surface area contributed by atoms with E-state index in [0.717, 1.165) is 17.5 Å². The zero-order valence-electron chi connectivity index (χ0n) is 17.7. The minimum atomic E-state index is -0.436. The lowest BCUT2D eigenvalue weighted by Crippen LogP contribution is -2.32. The highest BCUT2D eigenvalue weighted by Gasteiger charge is 2.40. The van der Waals surface area contributed by atoms with Crippen LogP contribution in [0.15, 0.2) is 72.4 Å². The van der Waals surface area contributed by atoms with Crippen molar-refractivity contribution in [1.82, 2.24) is 0 Å². The predicted octanol–water partition coefficient (Wildman–Crippen LogP) is 5.40. The van der Waals surface area contributed by atoms with E-state index in [4.69, 9.17) is 0 Å². The van der Waals surface area contributed by atoms with Gasteiger partial charge in [-0.05, 0) is 78.9 Å². The van der Waals surface area contributed by atoms with Crippen molar-refractivity contribution in [3.05, 3.63) is 100 Å². The molecule has 0 unspecified atom stereocenters. The number of hydrogen-bond acceptors (Lipinski definition) is 3. The summed E-state index contributed by atoms with van der Waals surface area (Å²) < 4.78 is 13.5. The van der Waals surface area contributed by atoms with Crippen LogP contribution < -0.4 is 10.2 Å². The number of benzene rings is 3. The zero-order valence-corrected chi connectivity index (χ0v) is 17.7. The summed E-state index contributed by atoms with van der Waals surface area (Å²) in [5, 5.41) is 3.14. The van der Waals surface area contributed by atoms with Gasteiger partial charge in [0.1, 0.15) is 11.5 Å². The average Bonchev–Trinajstić information content (AvgIpc) is 2.98. The SMILES string of the molecule is CCc1ccc(NC2=C(c3ccc(F)cc3)C(=O)N(c3cc(C)cc(C)c3)C2=O)cc1. The molecule has 0 atom stereocenters. The first kappa shape index (κ1) is 20.5. The molecular weight excluding hydrogens is 391 g/mol. The average molecular weight is 414 g/mol.